The van der Waals surface area contributed by atoms with Gasteiger partial charge < -0.3 is 13.9 Å². The van der Waals surface area contributed by atoms with Gasteiger partial charge in [-0.3, -0.25) is 14.9 Å². The van der Waals surface area contributed by atoms with Gasteiger partial charge in [0.1, 0.15) is 17.3 Å². The van der Waals surface area contributed by atoms with E-state index in [2.05, 4.69) is 4.74 Å². The number of benzene rings is 2. The van der Waals surface area contributed by atoms with Crippen LogP contribution in [-0.4, -0.2) is 23.8 Å². The molecular weight excluding hydrogens is 378 g/mol. The maximum atomic E-state index is 12.6. The first kappa shape index (κ1) is 18.2. The Balaban J connectivity index is 1.61. The smallest absolute Gasteiger partial charge is 0.337 e. The van der Waals surface area contributed by atoms with E-state index in [1.54, 1.807) is 24.3 Å². The number of methoxy groups -OCH3 is 1. The first-order chi connectivity index (χ1) is 14.0. The summed E-state index contributed by atoms with van der Waals surface area (Å²) in [5.41, 5.74) is 0.985. The molecule has 0 fully saturated rings. The molecule has 0 aliphatic carbocycles. The van der Waals surface area contributed by atoms with Crippen molar-refractivity contribution in [1.29, 1.82) is 0 Å². The average molecular weight is 391 g/mol. The summed E-state index contributed by atoms with van der Waals surface area (Å²) in [4.78, 5) is 34.7. The van der Waals surface area contributed by atoms with Crippen molar-refractivity contribution in [3.8, 4) is 17.1 Å². The molecule has 29 heavy (non-hydrogen) atoms. The highest BCUT2D eigenvalue weighted by atomic mass is 16.6. The van der Waals surface area contributed by atoms with Gasteiger partial charge >= 0.3 is 5.97 Å². The lowest BCUT2D eigenvalue weighted by Crippen LogP contribution is -2.02. The van der Waals surface area contributed by atoms with Crippen molar-refractivity contribution in [1.82, 2.24) is 0 Å². The number of Topliss-reactive ketones (excluding diaryl/α,β-unsaturated/α-hetero) is 1. The van der Waals surface area contributed by atoms with Crippen LogP contribution >= 0.6 is 0 Å². The van der Waals surface area contributed by atoms with Crippen LogP contribution < -0.4 is 4.74 Å². The first-order valence-electron chi connectivity index (χ1n) is 8.47. The number of carbonyl (C=O) groups excluding carboxylic acids is 2. The van der Waals surface area contributed by atoms with Gasteiger partial charge in [-0.15, -0.1) is 0 Å². The Morgan fingerprint density at radius 2 is 1.97 bits per heavy atom. The number of rotatable bonds is 4. The number of nitro benzene ring substituents is 1. The van der Waals surface area contributed by atoms with E-state index in [0.29, 0.717) is 22.8 Å². The fraction of sp³-hybridized carbons (Fsp3) is 0.0476. The Morgan fingerprint density at radius 1 is 1.14 bits per heavy atom. The highest BCUT2D eigenvalue weighted by Gasteiger charge is 2.29. The molecule has 1 aliphatic heterocycles. The van der Waals surface area contributed by atoms with Crippen LogP contribution in [0.25, 0.3) is 17.4 Å². The Bertz CT molecular complexity index is 1190. The van der Waals surface area contributed by atoms with Crippen molar-refractivity contribution in [2.45, 2.75) is 0 Å². The predicted octanol–water partition coefficient (Wildman–Crippen LogP) is 4.26. The molecule has 2 aromatic carbocycles. The Morgan fingerprint density at radius 3 is 2.72 bits per heavy atom. The second-order valence-corrected chi connectivity index (χ2v) is 6.15. The number of allylic oxidation sites excluding steroid dienone is 1. The third kappa shape index (κ3) is 3.39. The van der Waals surface area contributed by atoms with Gasteiger partial charge in [-0.25, -0.2) is 4.79 Å². The van der Waals surface area contributed by atoms with E-state index >= 15 is 0 Å². The minimum atomic E-state index is -0.550. The normalized spacial score (nSPS) is 13.8. The van der Waals surface area contributed by atoms with Crippen molar-refractivity contribution in [2.24, 2.45) is 0 Å². The number of hydrogen-bond donors (Lipinski definition) is 0. The summed E-state index contributed by atoms with van der Waals surface area (Å²) in [6, 6.07) is 13.8. The monoisotopic (exact) mass is 391 g/mol. The van der Waals surface area contributed by atoms with Crippen molar-refractivity contribution in [3.63, 3.8) is 0 Å². The third-order valence-corrected chi connectivity index (χ3v) is 4.33. The maximum Gasteiger partial charge on any atom is 0.337 e. The van der Waals surface area contributed by atoms with Crippen LogP contribution in [-0.2, 0) is 4.74 Å². The number of nitrogens with zero attached hydrogens (tertiary/aromatic N) is 1. The van der Waals surface area contributed by atoms with Gasteiger partial charge in [0.05, 0.1) is 23.2 Å². The van der Waals surface area contributed by atoms with Crippen LogP contribution in [0.5, 0.6) is 5.75 Å². The van der Waals surface area contributed by atoms with Crippen LogP contribution in [0.4, 0.5) is 5.69 Å². The van der Waals surface area contributed by atoms with Gasteiger partial charge in [0.25, 0.3) is 5.69 Å². The number of nitro groups is 1. The SMILES string of the molecule is COC(=O)c1ccc2c(c1)C(=O)C(=Cc1ccc(-c3cccc([N+](=O)[O-])c3)o1)O2. The maximum absolute atomic E-state index is 12.6. The molecule has 0 saturated heterocycles. The highest BCUT2D eigenvalue weighted by Crippen LogP contribution is 2.33. The van der Waals surface area contributed by atoms with E-state index in [4.69, 9.17) is 9.15 Å². The van der Waals surface area contributed by atoms with Crippen LogP contribution in [0.15, 0.2) is 64.8 Å². The molecule has 1 aromatic heterocycles. The summed E-state index contributed by atoms with van der Waals surface area (Å²) in [5, 5.41) is 10.9. The average Bonchev–Trinajstić information content (AvgIpc) is 3.32. The number of fused-ring (bicyclic) bond motifs is 1. The fourth-order valence-corrected chi connectivity index (χ4v) is 2.92. The summed E-state index contributed by atoms with van der Waals surface area (Å²) in [6.07, 6.45) is 1.43. The number of carbonyl (C=O) groups is 2. The van der Waals surface area contributed by atoms with E-state index in [9.17, 15) is 19.7 Å². The molecule has 0 bridgehead atoms. The van der Waals surface area contributed by atoms with Crippen molar-refractivity contribution in [2.75, 3.05) is 7.11 Å². The predicted molar refractivity (Wildman–Crippen MR) is 102 cm³/mol. The number of ketones is 1. The summed E-state index contributed by atoms with van der Waals surface area (Å²) >= 11 is 0. The molecule has 3 aromatic rings. The molecule has 144 valence electrons. The molecular formula is C21H13NO7. The number of esters is 1. The van der Waals surface area contributed by atoms with Gasteiger partial charge in [0.2, 0.25) is 5.78 Å². The van der Waals surface area contributed by atoms with Crippen molar-refractivity contribution < 1.29 is 28.4 Å². The zero-order valence-electron chi connectivity index (χ0n) is 15.1. The fourth-order valence-electron chi connectivity index (χ4n) is 2.92. The molecule has 0 N–H and O–H groups in total. The molecule has 2 heterocycles. The topological polar surface area (TPSA) is 109 Å². The number of furan rings is 1. The summed E-state index contributed by atoms with van der Waals surface area (Å²) in [6.45, 7) is 0. The van der Waals surface area contributed by atoms with Gasteiger partial charge in [-0.2, -0.15) is 0 Å². The third-order valence-electron chi connectivity index (χ3n) is 4.33. The minimum Gasteiger partial charge on any atom is -0.465 e. The second kappa shape index (κ2) is 7.08. The summed E-state index contributed by atoms with van der Waals surface area (Å²) < 4.78 is 15.9. The molecule has 0 atom stereocenters. The molecule has 8 heteroatoms. The quantitative estimate of drug-likeness (QED) is 0.283. The lowest BCUT2D eigenvalue weighted by Gasteiger charge is -2.00. The summed E-state index contributed by atoms with van der Waals surface area (Å²) in [5.74, 6) is 0.193. The Hall–Kier alpha value is -4.20. The molecule has 0 unspecified atom stereocenters. The van der Waals surface area contributed by atoms with E-state index in [-0.39, 0.29) is 28.4 Å². The molecule has 0 spiro atoms. The molecule has 0 amide bonds. The minimum absolute atomic E-state index is 0.0435. The van der Waals surface area contributed by atoms with Crippen LogP contribution in [0.2, 0.25) is 0 Å². The lowest BCUT2D eigenvalue weighted by molar-refractivity contribution is -0.384. The first-order valence-corrected chi connectivity index (χ1v) is 8.47. The summed E-state index contributed by atoms with van der Waals surface area (Å²) in [7, 11) is 1.26. The molecule has 4 rings (SSSR count). The molecule has 0 saturated carbocycles. The standard InChI is InChI=1S/C21H13NO7/c1-27-21(24)13-5-7-18-16(10-13)20(23)19(29-18)11-15-6-8-17(28-15)12-3-2-4-14(9-12)22(25)26/h2-11H,1H3. The van der Waals surface area contributed by atoms with Crippen molar-refractivity contribution in [3.05, 3.63) is 87.4 Å². The molecule has 1 aliphatic rings. The Kier molecular flexibility index (Phi) is 4.44. The van der Waals surface area contributed by atoms with Crippen LogP contribution in [0.1, 0.15) is 26.5 Å². The van der Waals surface area contributed by atoms with Gasteiger partial charge in [0.15, 0.2) is 5.76 Å². The number of hydrogen-bond acceptors (Lipinski definition) is 7. The lowest BCUT2D eigenvalue weighted by atomic mass is 10.1. The largest absolute Gasteiger partial charge is 0.465 e. The second-order valence-electron chi connectivity index (χ2n) is 6.15. The highest BCUT2D eigenvalue weighted by molar-refractivity contribution is 6.15. The van der Waals surface area contributed by atoms with Crippen LogP contribution in [0, 0.1) is 10.1 Å². The van der Waals surface area contributed by atoms with Crippen molar-refractivity contribution >= 4 is 23.5 Å². The van der Waals surface area contributed by atoms with Crippen LogP contribution in [0.3, 0.4) is 0 Å². The van der Waals surface area contributed by atoms with E-state index in [0.717, 1.165) is 0 Å². The Labute approximate surface area is 164 Å². The number of non-ortho nitro benzene ring substituents is 1. The molecule has 8 nitrogen and oxygen atoms in total. The van der Waals surface area contributed by atoms with Gasteiger partial charge in [0, 0.05) is 23.8 Å². The van der Waals surface area contributed by atoms with E-state index < -0.39 is 10.9 Å². The zero-order chi connectivity index (χ0) is 20.5. The number of ether oxygens (including phenoxy) is 2. The van der Waals surface area contributed by atoms with Gasteiger partial charge in [-0.1, -0.05) is 12.1 Å². The van der Waals surface area contributed by atoms with Gasteiger partial charge in [-0.05, 0) is 30.3 Å². The molecule has 0 radical (unpaired) electrons. The van der Waals surface area contributed by atoms with E-state index in [1.165, 1.54) is 43.5 Å². The zero-order valence-corrected chi connectivity index (χ0v) is 15.1. The van der Waals surface area contributed by atoms with E-state index in [1.807, 2.05) is 0 Å².